The molecule has 0 amide bonds. The summed E-state index contributed by atoms with van der Waals surface area (Å²) in [7, 11) is 1.87. The molecule has 2 fully saturated rings. The lowest BCUT2D eigenvalue weighted by Gasteiger charge is -2.39. The normalized spacial score (nSPS) is 36.8. The second-order valence-corrected chi connectivity index (χ2v) is 6.86. The van der Waals surface area contributed by atoms with Gasteiger partial charge in [-0.25, -0.2) is 0 Å². The minimum absolute atomic E-state index is 0.437. The van der Waals surface area contributed by atoms with Gasteiger partial charge in [0.25, 0.3) is 0 Å². The van der Waals surface area contributed by atoms with E-state index in [1.54, 1.807) is 0 Å². The molecule has 4 unspecified atom stereocenters. The monoisotopic (exact) mass is 282 g/mol. The molecular formula is C17H34N2O. The second-order valence-electron chi connectivity index (χ2n) is 6.86. The Balaban J connectivity index is 1.88. The van der Waals surface area contributed by atoms with E-state index < -0.39 is 0 Å². The van der Waals surface area contributed by atoms with E-state index in [-0.39, 0.29) is 0 Å². The molecule has 1 saturated carbocycles. The van der Waals surface area contributed by atoms with Crippen LogP contribution in [0.3, 0.4) is 0 Å². The van der Waals surface area contributed by atoms with Gasteiger partial charge in [0, 0.05) is 26.2 Å². The Labute approximate surface area is 125 Å². The van der Waals surface area contributed by atoms with Crippen LogP contribution in [-0.4, -0.2) is 50.3 Å². The first-order chi connectivity index (χ1) is 9.74. The number of hydrogen-bond donors (Lipinski definition) is 1. The molecular weight excluding hydrogens is 248 g/mol. The topological polar surface area (TPSA) is 24.5 Å². The summed E-state index contributed by atoms with van der Waals surface area (Å²) in [5, 5.41) is 3.74. The molecule has 0 aromatic rings. The number of likely N-dealkylation sites (tertiary alicyclic amines) is 1. The van der Waals surface area contributed by atoms with Crippen molar-refractivity contribution in [2.24, 2.45) is 11.8 Å². The largest absolute Gasteiger partial charge is 0.380 e. The maximum atomic E-state index is 5.66. The van der Waals surface area contributed by atoms with E-state index in [0.29, 0.717) is 6.10 Å². The van der Waals surface area contributed by atoms with Gasteiger partial charge in [0.05, 0.1) is 6.10 Å². The molecule has 1 aliphatic carbocycles. The summed E-state index contributed by atoms with van der Waals surface area (Å²) in [6, 6.07) is 0.739. The van der Waals surface area contributed by atoms with Crippen molar-refractivity contribution < 1.29 is 4.74 Å². The molecule has 1 N–H and O–H groups in total. The van der Waals surface area contributed by atoms with Gasteiger partial charge < -0.3 is 15.0 Å². The van der Waals surface area contributed by atoms with Gasteiger partial charge in [0.1, 0.15) is 0 Å². The lowest BCUT2D eigenvalue weighted by molar-refractivity contribution is -0.0112. The lowest BCUT2D eigenvalue weighted by atomic mass is 9.91. The van der Waals surface area contributed by atoms with E-state index >= 15 is 0 Å². The predicted octanol–water partition coefficient (Wildman–Crippen LogP) is 2.90. The third-order valence-electron chi connectivity index (χ3n) is 5.39. The quantitative estimate of drug-likeness (QED) is 0.785. The summed E-state index contributed by atoms with van der Waals surface area (Å²) < 4.78 is 5.66. The van der Waals surface area contributed by atoms with Crippen LogP contribution in [0.4, 0.5) is 0 Å². The van der Waals surface area contributed by atoms with Crippen molar-refractivity contribution in [3.05, 3.63) is 0 Å². The van der Waals surface area contributed by atoms with E-state index in [4.69, 9.17) is 4.74 Å². The molecule has 0 spiro atoms. The number of rotatable bonds is 5. The number of hydrogen-bond acceptors (Lipinski definition) is 3. The first-order valence-electron chi connectivity index (χ1n) is 8.73. The fourth-order valence-corrected chi connectivity index (χ4v) is 4.04. The summed E-state index contributed by atoms with van der Waals surface area (Å²) in [6.45, 7) is 9.34. The molecule has 1 aliphatic heterocycles. The van der Waals surface area contributed by atoms with E-state index in [9.17, 15) is 0 Å². The van der Waals surface area contributed by atoms with E-state index in [2.05, 4.69) is 24.1 Å². The summed E-state index contributed by atoms with van der Waals surface area (Å²) in [5.74, 6) is 1.55. The molecule has 2 aliphatic rings. The molecule has 1 saturated heterocycles. The number of piperidine rings is 1. The Kier molecular flexibility index (Phi) is 6.79. The van der Waals surface area contributed by atoms with Gasteiger partial charge in [-0.1, -0.05) is 33.1 Å². The lowest BCUT2D eigenvalue weighted by Crippen LogP contribution is -2.48. The van der Waals surface area contributed by atoms with Crippen LogP contribution in [0.5, 0.6) is 0 Å². The van der Waals surface area contributed by atoms with Crippen LogP contribution < -0.4 is 5.32 Å². The Morgan fingerprint density at radius 3 is 2.70 bits per heavy atom. The van der Waals surface area contributed by atoms with Crippen molar-refractivity contribution in [3.8, 4) is 0 Å². The number of nitrogens with one attached hydrogen (secondary N) is 1. The molecule has 20 heavy (non-hydrogen) atoms. The van der Waals surface area contributed by atoms with Crippen molar-refractivity contribution in [2.75, 3.05) is 33.3 Å². The minimum atomic E-state index is 0.437. The molecule has 4 atom stereocenters. The highest BCUT2D eigenvalue weighted by atomic mass is 16.5. The van der Waals surface area contributed by atoms with Crippen molar-refractivity contribution >= 4 is 0 Å². The molecule has 2 rings (SSSR count). The fourth-order valence-electron chi connectivity index (χ4n) is 4.04. The minimum Gasteiger partial charge on any atom is -0.380 e. The Hall–Kier alpha value is -0.120. The maximum Gasteiger partial charge on any atom is 0.0724 e. The predicted molar refractivity (Wildman–Crippen MR) is 85.1 cm³/mol. The highest BCUT2D eigenvalue weighted by Gasteiger charge is 2.30. The smallest absolute Gasteiger partial charge is 0.0724 e. The fraction of sp³-hybridized carbons (Fsp3) is 1.00. The van der Waals surface area contributed by atoms with E-state index in [1.165, 1.54) is 51.6 Å². The Bertz CT molecular complexity index is 272. The molecule has 118 valence electrons. The molecule has 3 heteroatoms. The summed E-state index contributed by atoms with van der Waals surface area (Å²) in [5.41, 5.74) is 0. The third kappa shape index (κ3) is 4.44. The van der Waals surface area contributed by atoms with Crippen LogP contribution in [0.1, 0.15) is 52.4 Å². The van der Waals surface area contributed by atoms with Crippen molar-refractivity contribution in [1.82, 2.24) is 10.2 Å². The van der Waals surface area contributed by atoms with Crippen LogP contribution in [0.2, 0.25) is 0 Å². The van der Waals surface area contributed by atoms with Crippen LogP contribution in [0, 0.1) is 11.8 Å². The average molecular weight is 282 g/mol. The van der Waals surface area contributed by atoms with Crippen LogP contribution >= 0.6 is 0 Å². The zero-order valence-electron chi connectivity index (χ0n) is 13.7. The van der Waals surface area contributed by atoms with Gasteiger partial charge in [0.2, 0.25) is 0 Å². The first kappa shape index (κ1) is 16.3. The van der Waals surface area contributed by atoms with Gasteiger partial charge in [-0.3, -0.25) is 0 Å². The first-order valence-corrected chi connectivity index (χ1v) is 8.73. The third-order valence-corrected chi connectivity index (χ3v) is 5.39. The zero-order valence-corrected chi connectivity index (χ0v) is 13.7. The average Bonchev–Trinajstić information content (AvgIpc) is 2.67. The van der Waals surface area contributed by atoms with Gasteiger partial charge in [-0.2, -0.15) is 0 Å². The highest BCUT2D eigenvalue weighted by Crippen LogP contribution is 2.27. The van der Waals surface area contributed by atoms with Gasteiger partial charge >= 0.3 is 0 Å². The highest BCUT2D eigenvalue weighted by molar-refractivity contribution is 4.85. The molecule has 3 nitrogen and oxygen atoms in total. The Morgan fingerprint density at radius 2 is 1.95 bits per heavy atom. The van der Waals surface area contributed by atoms with Gasteiger partial charge in [0.15, 0.2) is 0 Å². The van der Waals surface area contributed by atoms with Crippen molar-refractivity contribution in [2.45, 2.75) is 64.5 Å². The molecule has 0 radical (unpaired) electrons. The molecule has 0 bridgehead atoms. The maximum absolute atomic E-state index is 5.66. The van der Waals surface area contributed by atoms with Crippen molar-refractivity contribution in [1.29, 1.82) is 0 Å². The SMILES string of the molecule is CCNC1CCCCCC1CN1CCC(C)C(OC)C1. The van der Waals surface area contributed by atoms with E-state index in [0.717, 1.165) is 31.0 Å². The van der Waals surface area contributed by atoms with Gasteiger partial charge in [-0.05, 0) is 44.2 Å². The zero-order chi connectivity index (χ0) is 14.4. The number of methoxy groups -OCH3 is 1. The molecule has 0 aromatic heterocycles. The summed E-state index contributed by atoms with van der Waals surface area (Å²) in [4.78, 5) is 2.66. The molecule has 0 aromatic carbocycles. The summed E-state index contributed by atoms with van der Waals surface area (Å²) >= 11 is 0. The van der Waals surface area contributed by atoms with Crippen molar-refractivity contribution in [3.63, 3.8) is 0 Å². The van der Waals surface area contributed by atoms with Crippen LogP contribution in [-0.2, 0) is 4.74 Å². The number of nitrogens with zero attached hydrogens (tertiary/aromatic N) is 1. The molecule has 1 heterocycles. The summed E-state index contributed by atoms with van der Waals surface area (Å²) in [6.07, 6.45) is 8.76. The van der Waals surface area contributed by atoms with Crippen LogP contribution in [0.25, 0.3) is 0 Å². The van der Waals surface area contributed by atoms with E-state index in [1.807, 2.05) is 7.11 Å². The van der Waals surface area contributed by atoms with Crippen LogP contribution in [0.15, 0.2) is 0 Å². The second kappa shape index (κ2) is 8.35. The number of ether oxygens (including phenoxy) is 1. The Morgan fingerprint density at radius 1 is 1.15 bits per heavy atom. The standard InChI is InChI=1S/C17H34N2O/c1-4-18-16-9-7-5-6-8-15(16)12-19-11-10-14(2)17(13-19)20-3/h14-18H,4-13H2,1-3H3. The van der Waals surface area contributed by atoms with Gasteiger partial charge in [-0.15, -0.1) is 0 Å².